The first kappa shape index (κ1) is 24.2. The number of benzene rings is 1. The number of rotatable bonds is 5. The molecule has 4 rings (SSSR count). The third kappa shape index (κ3) is 4.79. The fourth-order valence-corrected chi connectivity index (χ4v) is 4.30. The number of methoxy groups -OCH3 is 1. The number of carbonyl (C=O) groups excluding carboxylic acids is 1. The summed E-state index contributed by atoms with van der Waals surface area (Å²) in [7, 11) is 1.22. The van der Waals surface area contributed by atoms with E-state index in [9.17, 15) is 18.0 Å². The molecule has 0 bridgehead atoms. The van der Waals surface area contributed by atoms with E-state index in [1.807, 2.05) is 4.90 Å². The van der Waals surface area contributed by atoms with Crippen LogP contribution in [0, 0.1) is 17.5 Å². The van der Waals surface area contributed by atoms with Gasteiger partial charge in [0.25, 0.3) is 0 Å². The molecule has 1 unspecified atom stereocenters. The van der Waals surface area contributed by atoms with Gasteiger partial charge in [0.15, 0.2) is 11.7 Å². The zero-order valence-corrected chi connectivity index (χ0v) is 19.3. The van der Waals surface area contributed by atoms with Crippen LogP contribution in [0.1, 0.15) is 18.2 Å². The first-order valence-corrected chi connectivity index (χ1v) is 10.9. The lowest BCUT2D eigenvalue weighted by Gasteiger charge is -2.37. The SMILES string of the molecule is COC(=O)C1=C(CN2CCOCC2)NC(c2ncc(F)cc2F)=NC1(C)c1cc(F)cc(Cl)c1. The molecule has 180 valence electrons. The van der Waals surface area contributed by atoms with Gasteiger partial charge in [-0.05, 0) is 30.7 Å². The highest BCUT2D eigenvalue weighted by Gasteiger charge is 2.43. The summed E-state index contributed by atoms with van der Waals surface area (Å²) in [5, 5.41) is 3.09. The zero-order chi connectivity index (χ0) is 24.5. The minimum absolute atomic E-state index is 0.0451. The van der Waals surface area contributed by atoms with Gasteiger partial charge in [-0.25, -0.2) is 27.9 Å². The highest BCUT2D eigenvalue weighted by atomic mass is 35.5. The van der Waals surface area contributed by atoms with Gasteiger partial charge in [0, 0.05) is 36.4 Å². The zero-order valence-electron chi connectivity index (χ0n) is 18.5. The maximum absolute atomic E-state index is 14.7. The van der Waals surface area contributed by atoms with E-state index in [-0.39, 0.29) is 34.2 Å². The van der Waals surface area contributed by atoms with Crippen LogP contribution in [0.3, 0.4) is 0 Å². The van der Waals surface area contributed by atoms with E-state index in [1.54, 1.807) is 6.92 Å². The van der Waals surface area contributed by atoms with Crippen molar-refractivity contribution in [3.8, 4) is 0 Å². The molecule has 0 aliphatic carbocycles. The van der Waals surface area contributed by atoms with Gasteiger partial charge in [0.2, 0.25) is 0 Å². The maximum atomic E-state index is 14.7. The number of pyridine rings is 1. The van der Waals surface area contributed by atoms with Crippen LogP contribution in [0.25, 0.3) is 0 Å². The number of amidine groups is 1. The Balaban J connectivity index is 1.92. The number of ether oxygens (including phenoxy) is 2. The average Bonchev–Trinajstić information content (AvgIpc) is 2.78. The summed E-state index contributed by atoms with van der Waals surface area (Å²) in [6.07, 6.45) is 0.861. The predicted molar refractivity (Wildman–Crippen MR) is 119 cm³/mol. The van der Waals surface area contributed by atoms with Gasteiger partial charge in [-0.1, -0.05) is 11.6 Å². The maximum Gasteiger partial charge on any atom is 0.338 e. The number of halogens is 4. The monoisotopic (exact) mass is 494 g/mol. The van der Waals surface area contributed by atoms with Crippen molar-refractivity contribution in [1.82, 2.24) is 15.2 Å². The molecule has 1 fully saturated rings. The van der Waals surface area contributed by atoms with E-state index in [2.05, 4.69) is 15.3 Å². The van der Waals surface area contributed by atoms with E-state index >= 15 is 0 Å². The van der Waals surface area contributed by atoms with Gasteiger partial charge in [-0.15, -0.1) is 0 Å². The van der Waals surface area contributed by atoms with Gasteiger partial charge >= 0.3 is 5.97 Å². The van der Waals surface area contributed by atoms with Crippen LogP contribution >= 0.6 is 11.6 Å². The van der Waals surface area contributed by atoms with Gasteiger partial charge in [0.05, 0.1) is 32.1 Å². The van der Waals surface area contributed by atoms with E-state index in [4.69, 9.17) is 21.1 Å². The highest BCUT2D eigenvalue weighted by molar-refractivity contribution is 6.30. The second-order valence-electron chi connectivity index (χ2n) is 8.03. The summed E-state index contributed by atoms with van der Waals surface area (Å²) in [4.78, 5) is 23.5. The van der Waals surface area contributed by atoms with Crippen LogP contribution in [-0.2, 0) is 19.8 Å². The lowest BCUT2D eigenvalue weighted by Crippen LogP contribution is -2.47. The molecule has 0 saturated carbocycles. The summed E-state index contributed by atoms with van der Waals surface area (Å²) >= 11 is 6.11. The Morgan fingerprint density at radius 1 is 1.21 bits per heavy atom. The normalized spacial score (nSPS) is 21.2. The van der Waals surface area contributed by atoms with Crippen LogP contribution in [-0.4, -0.2) is 61.6 Å². The molecule has 2 aromatic rings. The second-order valence-corrected chi connectivity index (χ2v) is 8.47. The molecule has 0 radical (unpaired) electrons. The van der Waals surface area contributed by atoms with Gasteiger partial charge in [-0.2, -0.15) is 0 Å². The van der Waals surface area contributed by atoms with Crippen LogP contribution in [0.15, 0.2) is 46.7 Å². The molecule has 0 spiro atoms. The Morgan fingerprint density at radius 2 is 1.94 bits per heavy atom. The van der Waals surface area contributed by atoms with Crippen molar-refractivity contribution >= 4 is 23.4 Å². The number of hydrogen-bond donors (Lipinski definition) is 1. The number of morpholine rings is 1. The van der Waals surface area contributed by atoms with Gasteiger partial charge < -0.3 is 14.8 Å². The lowest BCUT2D eigenvalue weighted by atomic mass is 9.82. The number of aromatic nitrogens is 1. The smallest absolute Gasteiger partial charge is 0.338 e. The first-order valence-electron chi connectivity index (χ1n) is 10.5. The molecule has 34 heavy (non-hydrogen) atoms. The standard InChI is InChI=1S/C23H22ClF3N4O3/c1-23(13-7-14(24)9-15(25)8-13)19(22(32)33-2)18(12-31-3-5-34-6-4-31)29-21(30-23)20-17(27)10-16(26)11-28-20/h7-11H,3-6,12H2,1-2H3,(H,29,30). The van der Waals surface area contributed by atoms with Crippen molar-refractivity contribution in [3.63, 3.8) is 0 Å². The molecule has 1 atom stereocenters. The first-order chi connectivity index (χ1) is 16.2. The number of esters is 1. The summed E-state index contributed by atoms with van der Waals surface area (Å²) in [5.74, 6) is -3.18. The van der Waals surface area contributed by atoms with Gasteiger partial charge in [0.1, 0.15) is 22.9 Å². The number of aliphatic imine (C=N–C) groups is 1. The predicted octanol–water partition coefficient (Wildman–Crippen LogP) is 3.18. The van der Waals surface area contributed by atoms with Crippen molar-refractivity contribution in [2.75, 3.05) is 40.0 Å². The van der Waals surface area contributed by atoms with E-state index in [1.165, 1.54) is 19.2 Å². The fraction of sp³-hybridized carbons (Fsp3) is 0.348. The molecule has 1 aromatic carbocycles. The fourth-order valence-electron chi connectivity index (χ4n) is 4.08. The molecule has 0 amide bonds. The molecule has 1 saturated heterocycles. The van der Waals surface area contributed by atoms with Crippen molar-refractivity contribution in [2.45, 2.75) is 12.5 Å². The Kier molecular flexibility index (Phi) is 6.92. The Labute approximate surface area is 199 Å². The number of nitrogens with one attached hydrogen (secondary N) is 1. The van der Waals surface area contributed by atoms with E-state index < -0.39 is 29.0 Å². The summed E-state index contributed by atoms with van der Waals surface area (Å²) in [6.45, 7) is 4.02. The highest BCUT2D eigenvalue weighted by Crippen LogP contribution is 2.40. The molecule has 3 heterocycles. The molecule has 2 aliphatic heterocycles. The molecular weight excluding hydrogens is 473 g/mol. The molecule has 2 aliphatic rings. The third-order valence-electron chi connectivity index (χ3n) is 5.73. The topological polar surface area (TPSA) is 76.0 Å². The summed E-state index contributed by atoms with van der Waals surface area (Å²) in [6, 6.07) is 4.48. The van der Waals surface area contributed by atoms with E-state index in [0.717, 1.165) is 12.3 Å². The molecular formula is C23H22ClF3N4O3. The molecule has 1 N–H and O–H groups in total. The second kappa shape index (κ2) is 9.73. The average molecular weight is 495 g/mol. The van der Waals surface area contributed by atoms with Crippen LogP contribution in [0.4, 0.5) is 13.2 Å². The summed E-state index contributed by atoms with van der Waals surface area (Å²) in [5.41, 5.74) is -1.05. The third-order valence-corrected chi connectivity index (χ3v) is 5.94. The number of carbonyl (C=O) groups is 1. The Morgan fingerprint density at radius 3 is 2.59 bits per heavy atom. The van der Waals surface area contributed by atoms with Crippen molar-refractivity contribution in [3.05, 3.63) is 75.5 Å². The number of hydrogen-bond acceptors (Lipinski definition) is 7. The van der Waals surface area contributed by atoms with Crippen LogP contribution in [0.2, 0.25) is 5.02 Å². The van der Waals surface area contributed by atoms with Crippen molar-refractivity contribution in [1.29, 1.82) is 0 Å². The molecule has 1 aromatic heterocycles. The largest absolute Gasteiger partial charge is 0.466 e. The quantitative estimate of drug-likeness (QED) is 0.644. The Hall–Kier alpha value is -2.95. The van der Waals surface area contributed by atoms with Gasteiger partial charge in [-0.3, -0.25) is 4.90 Å². The molecule has 11 heteroatoms. The summed E-state index contributed by atoms with van der Waals surface area (Å²) < 4.78 is 53.0. The van der Waals surface area contributed by atoms with Crippen molar-refractivity contribution in [2.24, 2.45) is 4.99 Å². The van der Waals surface area contributed by atoms with Crippen LogP contribution in [0.5, 0.6) is 0 Å². The molecule has 7 nitrogen and oxygen atoms in total. The Bertz CT molecular complexity index is 1160. The lowest BCUT2D eigenvalue weighted by molar-refractivity contribution is -0.137. The van der Waals surface area contributed by atoms with Crippen molar-refractivity contribution < 1.29 is 27.4 Å². The minimum atomic E-state index is -1.52. The van der Waals surface area contributed by atoms with E-state index in [0.29, 0.717) is 38.1 Å². The minimum Gasteiger partial charge on any atom is -0.466 e. The van der Waals surface area contributed by atoms with Crippen LogP contribution < -0.4 is 5.32 Å². The number of nitrogens with zero attached hydrogens (tertiary/aromatic N) is 3.